The average Bonchev–Trinajstić information content (AvgIpc) is 2.69. The lowest BCUT2D eigenvalue weighted by Gasteiger charge is -2.15. The van der Waals surface area contributed by atoms with Gasteiger partial charge in [-0.15, -0.1) is 0 Å². The molecule has 0 unspecified atom stereocenters. The Morgan fingerprint density at radius 1 is 1.41 bits per heavy atom. The quantitative estimate of drug-likeness (QED) is 0.541. The smallest absolute Gasteiger partial charge is 0.329 e. The van der Waals surface area contributed by atoms with Gasteiger partial charge in [0.05, 0.1) is 12.4 Å². The number of nitrogens with zero attached hydrogens (tertiary/aromatic N) is 3. The fourth-order valence-electron chi connectivity index (χ4n) is 1.60. The molecule has 2 aromatic rings. The van der Waals surface area contributed by atoms with Gasteiger partial charge >= 0.3 is 5.69 Å². The Morgan fingerprint density at radius 3 is 2.65 bits per heavy atom. The first kappa shape index (κ1) is 11.6. The summed E-state index contributed by atoms with van der Waals surface area (Å²) in [4.78, 5) is 29.1. The second-order valence-electron chi connectivity index (χ2n) is 3.80. The predicted octanol–water partition coefficient (Wildman–Crippen LogP) is -1.70. The van der Waals surface area contributed by atoms with Crippen molar-refractivity contribution in [2.75, 3.05) is 0 Å². The molecule has 8 heteroatoms. The lowest BCUT2D eigenvalue weighted by molar-refractivity contribution is -0.0721. The largest absolute Gasteiger partial charge is 0.366 e. The van der Waals surface area contributed by atoms with Gasteiger partial charge in [0.15, 0.2) is 17.5 Å². The van der Waals surface area contributed by atoms with E-state index in [1.165, 1.54) is 29.4 Å². The van der Waals surface area contributed by atoms with Gasteiger partial charge in [-0.05, 0) is 6.92 Å². The Hall–Kier alpha value is -1.93. The summed E-state index contributed by atoms with van der Waals surface area (Å²) in [5.74, 6) is 0. The number of aliphatic hydroxyl groups excluding tert-OH is 1. The van der Waals surface area contributed by atoms with Crippen molar-refractivity contribution in [3.63, 3.8) is 0 Å². The van der Waals surface area contributed by atoms with Crippen molar-refractivity contribution in [2.45, 2.75) is 19.3 Å². The van der Waals surface area contributed by atoms with Gasteiger partial charge in [-0.3, -0.25) is 14.3 Å². The summed E-state index contributed by atoms with van der Waals surface area (Å²) in [5.41, 5.74) is -0.836. The van der Waals surface area contributed by atoms with E-state index < -0.39 is 23.6 Å². The topological polar surface area (TPSA) is 113 Å². The lowest BCUT2D eigenvalue weighted by Crippen LogP contribution is -2.30. The summed E-state index contributed by atoms with van der Waals surface area (Å²) < 4.78 is 2.50. The number of aromatic nitrogens is 4. The van der Waals surface area contributed by atoms with Gasteiger partial charge in [0, 0.05) is 7.05 Å². The molecule has 17 heavy (non-hydrogen) atoms. The molecule has 2 rings (SSSR count). The van der Waals surface area contributed by atoms with Gasteiger partial charge in [-0.25, -0.2) is 9.78 Å². The molecule has 0 aliphatic carbocycles. The van der Waals surface area contributed by atoms with Crippen LogP contribution in [-0.4, -0.2) is 35.6 Å². The van der Waals surface area contributed by atoms with Crippen LogP contribution in [0.1, 0.15) is 13.0 Å². The minimum absolute atomic E-state index is 0.132. The molecule has 8 nitrogen and oxygen atoms in total. The van der Waals surface area contributed by atoms with Crippen molar-refractivity contribution in [1.82, 2.24) is 19.1 Å². The van der Waals surface area contributed by atoms with Gasteiger partial charge < -0.3 is 14.8 Å². The van der Waals surface area contributed by atoms with E-state index in [9.17, 15) is 9.59 Å². The number of aryl methyl sites for hydroxylation is 1. The Kier molecular flexibility index (Phi) is 2.60. The van der Waals surface area contributed by atoms with Crippen LogP contribution in [0, 0.1) is 0 Å². The van der Waals surface area contributed by atoms with Gasteiger partial charge in [0.2, 0.25) is 0 Å². The normalized spacial score (nSPS) is 13.5. The first-order valence-corrected chi connectivity index (χ1v) is 4.95. The highest BCUT2D eigenvalue weighted by Crippen LogP contribution is 2.14. The molecule has 0 spiro atoms. The molecule has 0 aromatic carbocycles. The minimum atomic E-state index is -1.62. The number of aliphatic hydroxyl groups is 2. The predicted molar refractivity (Wildman–Crippen MR) is 58.5 cm³/mol. The van der Waals surface area contributed by atoms with Gasteiger partial charge in [0.1, 0.15) is 0 Å². The summed E-state index contributed by atoms with van der Waals surface area (Å²) >= 11 is 0. The van der Waals surface area contributed by atoms with Crippen molar-refractivity contribution in [3.05, 3.63) is 27.2 Å². The van der Waals surface area contributed by atoms with Gasteiger partial charge in [-0.1, -0.05) is 0 Å². The van der Waals surface area contributed by atoms with E-state index in [1.807, 2.05) is 0 Å². The average molecular weight is 240 g/mol. The van der Waals surface area contributed by atoms with E-state index in [2.05, 4.69) is 9.97 Å². The number of nitrogens with one attached hydrogen (secondary N) is 1. The number of hydrogen-bond donors (Lipinski definition) is 3. The minimum Gasteiger partial charge on any atom is -0.366 e. The van der Waals surface area contributed by atoms with Crippen LogP contribution in [0.25, 0.3) is 11.2 Å². The van der Waals surface area contributed by atoms with Gasteiger partial charge in [0.25, 0.3) is 5.56 Å². The van der Waals surface area contributed by atoms with Crippen molar-refractivity contribution in [1.29, 1.82) is 0 Å². The van der Waals surface area contributed by atoms with Crippen LogP contribution in [0.15, 0.2) is 15.9 Å². The zero-order valence-electron chi connectivity index (χ0n) is 9.28. The van der Waals surface area contributed by atoms with E-state index in [-0.39, 0.29) is 11.2 Å². The van der Waals surface area contributed by atoms with E-state index in [1.54, 1.807) is 0 Å². The Labute approximate surface area is 94.8 Å². The SMILES string of the molecule is C[C@@H](C(O)O)n1cnc2c1c(=O)[nH]c(=O)n2C. The van der Waals surface area contributed by atoms with Crippen molar-refractivity contribution in [2.24, 2.45) is 7.05 Å². The first-order chi connectivity index (χ1) is 7.93. The summed E-state index contributed by atoms with van der Waals surface area (Å²) in [6.45, 7) is 1.52. The molecule has 0 saturated heterocycles. The molecule has 0 fully saturated rings. The fraction of sp³-hybridized carbons (Fsp3) is 0.444. The molecule has 2 heterocycles. The maximum Gasteiger partial charge on any atom is 0.329 e. The van der Waals surface area contributed by atoms with Crippen LogP contribution in [0.4, 0.5) is 0 Å². The van der Waals surface area contributed by atoms with E-state index >= 15 is 0 Å². The highest BCUT2D eigenvalue weighted by atomic mass is 16.5. The third kappa shape index (κ3) is 1.67. The monoisotopic (exact) mass is 240 g/mol. The third-order valence-corrected chi connectivity index (χ3v) is 2.70. The molecule has 0 radical (unpaired) electrons. The van der Waals surface area contributed by atoms with Crippen molar-refractivity contribution < 1.29 is 10.2 Å². The standard InChI is InChI=1S/C9H12N4O4/c1-4(8(15)16)13-3-10-6-5(13)7(14)11-9(17)12(6)2/h3-4,8,15-16H,1-2H3,(H,11,14,17)/t4-/m0/s1. The van der Waals surface area contributed by atoms with Gasteiger partial charge in [-0.2, -0.15) is 0 Å². The molecule has 0 aliphatic heterocycles. The zero-order valence-corrected chi connectivity index (χ0v) is 9.28. The Morgan fingerprint density at radius 2 is 2.06 bits per heavy atom. The first-order valence-electron chi connectivity index (χ1n) is 4.95. The third-order valence-electron chi connectivity index (χ3n) is 2.70. The molecule has 0 amide bonds. The molecular formula is C9H12N4O4. The molecule has 0 saturated carbocycles. The molecular weight excluding hydrogens is 228 g/mol. The Bertz CT molecular complexity index is 666. The van der Waals surface area contributed by atoms with Crippen LogP contribution in [0.2, 0.25) is 0 Å². The second kappa shape index (κ2) is 3.82. The molecule has 92 valence electrons. The summed E-state index contributed by atoms with van der Waals surface area (Å²) in [6, 6.07) is -0.737. The lowest BCUT2D eigenvalue weighted by atomic mass is 10.3. The number of fused-ring (bicyclic) bond motifs is 1. The summed E-state index contributed by atoms with van der Waals surface area (Å²) in [7, 11) is 1.47. The number of rotatable bonds is 2. The molecule has 2 aromatic heterocycles. The van der Waals surface area contributed by atoms with Crippen LogP contribution in [0.5, 0.6) is 0 Å². The van der Waals surface area contributed by atoms with Crippen LogP contribution in [-0.2, 0) is 7.05 Å². The van der Waals surface area contributed by atoms with Crippen molar-refractivity contribution in [3.8, 4) is 0 Å². The molecule has 1 atom stereocenters. The highest BCUT2D eigenvalue weighted by Gasteiger charge is 2.19. The number of hydrogen-bond acceptors (Lipinski definition) is 5. The Balaban J connectivity index is 2.82. The van der Waals surface area contributed by atoms with Crippen LogP contribution in [0.3, 0.4) is 0 Å². The van der Waals surface area contributed by atoms with E-state index in [0.717, 1.165) is 0 Å². The number of imidazole rings is 1. The maximum atomic E-state index is 11.7. The number of H-pyrrole nitrogens is 1. The van der Waals surface area contributed by atoms with Crippen LogP contribution < -0.4 is 11.2 Å². The van der Waals surface area contributed by atoms with E-state index in [4.69, 9.17) is 10.2 Å². The molecule has 0 aliphatic rings. The maximum absolute atomic E-state index is 11.7. The molecule has 0 bridgehead atoms. The summed E-state index contributed by atoms with van der Waals surface area (Å²) in [6.07, 6.45) is -0.326. The molecule has 3 N–H and O–H groups in total. The van der Waals surface area contributed by atoms with Crippen molar-refractivity contribution >= 4 is 11.2 Å². The highest BCUT2D eigenvalue weighted by molar-refractivity contribution is 5.69. The zero-order chi connectivity index (χ0) is 12.7. The second-order valence-corrected chi connectivity index (χ2v) is 3.80. The van der Waals surface area contributed by atoms with E-state index in [0.29, 0.717) is 0 Å². The fourth-order valence-corrected chi connectivity index (χ4v) is 1.60. The number of aromatic amines is 1. The van der Waals surface area contributed by atoms with Crippen LogP contribution >= 0.6 is 0 Å². The summed E-state index contributed by atoms with van der Waals surface area (Å²) in [5, 5.41) is 18.2.